The summed E-state index contributed by atoms with van der Waals surface area (Å²) < 4.78 is 0. The minimum atomic E-state index is 0.365. The molecule has 1 fully saturated rings. The monoisotopic (exact) mass is 161 g/mol. The molecule has 0 bridgehead atoms. The third-order valence-corrected chi connectivity index (χ3v) is 2.88. The van der Waals surface area contributed by atoms with Gasteiger partial charge in [0.2, 0.25) is 0 Å². The van der Waals surface area contributed by atoms with Crippen LogP contribution in [0.1, 0.15) is 32.6 Å². The van der Waals surface area contributed by atoms with Crippen molar-refractivity contribution in [1.29, 1.82) is 0 Å². The minimum Gasteiger partial charge on any atom is -0.328 e. The van der Waals surface area contributed by atoms with Crippen LogP contribution in [0.3, 0.4) is 0 Å². The van der Waals surface area contributed by atoms with Gasteiger partial charge in [0.15, 0.2) is 0 Å². The lowest BCUT2D eigenvalue weighted by molar-refractivity contribution is 0.320. The van der Waals surface area contributed by atoms with Crippen LogP contribution < -0.4 is 5.73 Å². The van der Waals surface area contributed by atoms with Gasteiger partial charge in [0.25, 0.3) is 0 Å². The van der Waals surface area contributed by atoms with Gasteiger partial charge in [-0.1, -0.05) is 0 Å². The second-order valence-corrected chi connectivity index (χ2v) is 3.99. The van der Waals surface area contributed by atoms with E-state index in [-0.39, 0.29) is 0 Å². The molecule has 60 valence electrons. The van der Waals surface area contributed by atoms with Gasteiger partial charge in [0.1, 0.15) is 0 Å². The standard InChI is InChI=1S/C8H16ClN/c1-6(10)7-2-4-8(9)5-3-7/h6-8H,2-5,10H2,1H3/t6-,7?,8?/m1/s1. The Morgan fingerprint density at radius 3 is 2.20 bits per heavy atom. The first kappa shape index (κ1) is 8.35. The van der Waals surface area contributed by atoms with Crippen molar-refractivity contribution >= 4 is 11.6 Å². The molecule has 0 radical (unpaired) electrons. The van der Waals surface area contributed by atoms with Gasteiger partial charge in [0, 0.05) is 11.4 Å². The van der Waals surface area contributed by atoms with E-state index < -0.39 is 0 Å². The van der Waals surface area contributed by atoms with Crippen molar-refractivity contribution in [3.63, 3.8) is 0 Å². The normalized spacial score (nSPS) is 37.5. The Kier molecular flexibility index (Phi) is 2.99. The number of hydrogen-bond acceptors (Lipinski definition) is 1. The molecule has 0 saturated heterocycles. The van der Waals surface area contributed by atoms with Crippen LogP contribution in [0.4, 0.5) is 0 Å². The topological polar surface area (TPSA) is 26.0 Å². The van der Waals surface area contributed by atoms with Gasteiger partial charge in [-0.25, -0.2) is 0 Å². The molecule has 0 aromatic rings. The first-order valence-electron chi connectivity index (χ1n) is 4.10. The van der Waals surface area contributed by atoms with E-state index in [2.05, 4.69) is 6.92 Å². The number of nitrogens with two attached hydrogens (primary N) is 1. The average molecular weight is 162 g/mol. The molecule has 2 heteroatoms. The Morgan fingerprint density at radius 2 is 1.80 bits per heavy atom. The SMILES string of the molecule is C[C@@H](N)C1CCC(Cl)CC1. The fraction of sp³-hybridized carbons (Fsp3) is 1.00. The molecule has 0 aliphatic heterocycles. The second-order valence-electron chi connectivity index (χ2n) is 3.37. The highest BCUT2D eigenvalue weighted by Crippen LogP contribution is 2.28. The molecule has 0 spiro atoms. The lowest BCUT2D eigenvalue weighted by Crippen LogP contribution is -2.30. The van der Waals surface area contributed by atoms with Gasteiger partial charge in [-0.3, -0.25) is 0 Å². The lowest BCUT2D eigenvalue weighted by atomic mass is 9.85. The number of rotatable bonds is 1. The predicted octanol–water partition coefficient (Wildman–Crippen LogP) is 2.13. The molecule has 0 aromatic heterocycles. The summed E-state index contributed by atoms with van der Waals surface area (Å²) in [6, 6.07) is 0.365. The quantitative estimate of drug-likeness (QED) is 0.586. The highest BCUT2D eigenvalue weighted by molar-refractivity contribution is 6.20. The Hall–Kier alpha value is 0.250. The summed E-state index contributed by atoms with van der Waals surface area (Å²) in [7, 11) is 0. The van der Waals surface area contributed by atoms with Crippen molar-refractivity contribution < 1.29 is 0 Å². The summed E-state index contributed by atoms with van der Waals surface area (Å²) in [6.07, 6.45) is 4.78. The molecule has 1 atom stereocenters. The van der Waals surface area contributed by atoms with E-state index in [9.17, 15) is 0 Å². The molecule has 0 heterocycles. The molecule has 1 saturated carbocycles. The smallest absolute Gasteiger partial charge is 0.0336 e. The van der Waals surface area contributed by atoms with Crippen LogP contribution in [-0.2, 0) is 0 Å². The maximum Gasteiger partial charge on any atom is 0.0336 e. The maximum absolute atomic E-state index is 5.95. The predicted molar refractivity (Wildman–Crippen MR) is 45.2 cm³/mol. The third kappa shape index (κ3) is 2.14. The molecule has 1 aliphatic rings. The summed E-state index contributed by atoms with van der Waals surface area (Å²) in [5, 5.41) is 0.426. The number of hydrogen-bond donors (Lipinski definition) is 1. The zero-order valence-corrected chi connectivity index (χ0v) is 7.27. The molecule has 2 N–H and O–H groups in total. The first-order valence-corrected chi connectivity index (χ1v) is 4.53. The van der Waals surface area contributed by atoms with Crippen LogP contribution in [-0.4, -0.2) is 11.4 Å². The van der Waals surface area contributed by atoms with Gasteiger partial charge < -0.3 is 5.73 Å². The van der Waals surface area contributed by atoms with E-state index in [0.29, 0.717) is 11.4 Å². The molecule has 10 heavy (non-hydrogen) atoms. The number of alkyl halides is 1. The van der Waals surface area contributed by atoms with E-state index in [0.717, 1.165) is 18.8 Å². The molecular formula is C8H16ClN. The Bertz CT molecular complexity index is 95.4. The highest BCUT2D eigenvalue weighted by atomic mass is 35.5. The number of halogens is 1. The van der Waals surface area contributed by atoms with Gasteiger partial charge in [0.05, 0.1) is 0 Å². The summed E-state index contributed by atoms with van der Waals surface area (Å²) in [5.41, 5.74) is 5.77. The molecule has 0 amide bonds. The van der Waals surface area contributed by atoms with Crippen molar-refractivity contribution in [3.05, 3.63) is 0 Å². The molecule has 1 nitrogen and oxygen atoms in total. The van der Waals surface area contributed by atoms with Gasteiger partial charge in [-0.2, -0.15) is 0 Å². The highest BCUT2D eigenvalue weighted by Gasteiger charge is 2.21. The van der Waals surface area contributed by atoms with Crippen LogP contribution in [0.5, 0.6) is 0 Å². The molecule has 1 rings (SSSR count). The summed E-state index contributed by atoms with van der Waals surface area (Å²) in [5.74, 6) is 0.731. The van der Waals surface area contributed by atoms with E-state index in [1.165, 1.54) is 12.8 Å². The molecule has 0 aromatic carbocycles. The van der Waals surface area contributed by atoms with E-state index >= 15 is 0 Å². The Balaban J connectivity index is 2.26. The van der Waals surface area contributed by atoms with Crippen molar-refractivity contribution in [3.8, 4) is 0 Å². The molecule has 0 unspecified atom stereocenters. The van der Waals surface area contributed by atoms with Crippen LogP contribution >= 0.6 is 11.6 Å². The lowest BCUT2D eigenvalue weighted by Gasteiger charge is -2.27. The Morgan fingerprint density at radius 1 is 1.30 bits per heavy atom. The van der Waals surface area contributed by atoms with Crippen molar-refractivity contribution in [2.75, 3.05) is 0 Å². The zero-order chi connectivity index (χ0) is 7.56. The van der Waals surface area contributed by atoms with Crippen LogP contribution in [0, 0.1) is 5.92 Å². The van der Waals surface area contributed by atoms with Gasteiger partial charge in [-0.05, 0) is 38.5 Å². The summed E-state index contributed by atoms with van der Waals surface area (Å²) in [4.78, 5) is 0. The second kappa shape index (κ2) is 3.59. The van der Waals surface area contributed by atoms with Gasteiger partial charge in [-0.15, -0.1) is 11.6 Å². The van der Waals surface area contributed by atoms with E-state index in [1.54, 1.807) is 0 Å². The van der Waals surface area contributed by atoms with Crippen LogP contribution in [0.2, 0.25) is 0 Å². The first-order chi connectivity index (χ1) is 4.70. The van der Waals surface area contributed by atoms with Crippen molar-refractivity contribution in [1.82, 2.24) is 0 Å². The van der Waals surface area contributed by atoms with Crippen LogP contribution in [0.15, 0.2) is 0 Å². The van der Waals surface area contributed by atoms with E-state index in [1.807, 2.05) is 0 Å². The van der Waals surface area contributed by atoms with Crippen LogP contribution in [0.25, 0.3) is 0 Å². The average Bonchev–Trinajstić information content (AvgIpc) is 1.88. The van der Waals surface area contributed by atoms with Crippen molar-refractivity contribution in [2.24, 2.45) is 11.7 Å². The largest absolute Gasteiger partial charge is 0.328 e. The molecular weight excluding hydrogens is 146 g/mol. The van der Waals surface area contributed by atoms with Crippen molar-refractivity contribution in [2.45, 2.75) is 44.0 Å². The van der Waals surface area contributed by atoms with Gasteiger partial charge >= 0.3 is 0 Å². The fourth-order valence-electron chi connectivity index (χ4n) is 1.60. The maximum atomic E-state index is 5.95. The summed E-state index contributed by atoms with van der Waals surface area (Å²) >= 11 is 5.95. The van der Waals surface area contributed by atoms with E-state index in [4.69, 9.17) is 17.3 Å². The summed E-state index contributed by atoms with van der Waals surface area (Å²) in [6.45, 7) is 2.10. The third-order valence-electron chi connectivity index (χ3n) is 2.44. The minimum absolute atomic E-state index is 0.365. The fourth-order valence-corrected chi connectivity index (χ4v) is 1.86. The molecule has 1 aliphatic carbocycles. The zero-order valence-electron chi connectivity index (χ0n) is 6.52. The Labute approximate surface area is 67.9 Å².